The number of hydrogen-bond acceptors (Lipinski definition) is 2. The Morgan fingerprint density at radius 3 is 2.68 bits per heavy atom. The minimum absolute atomic E-state index is 0.165. The molecule has 2 rings (SSSR count). The first kappa shape index (κ1) is 14.1. The zero-order valence-corrected chi connectivity index (χ0v) is 12.3. The van der Waals surface area contributed by atoms with Crippen molar-refractivity contribution >= 4 is 5.91 Å². The second-order valence-corrected chi connectivity index (χ2v) is 5.88. The van der Waals surface area contributed by atoms with E-state index in [0.29, 0.717) is 12.0 Å². The fourth-order valence-corrected chi connectivity index (χ4v) is 2.59. The van der Waals surface area contributed by atoms with Crippen LogP contribution in [-0.2, 0) is 0 Å². The number of hydrogen-bond donors (Lipinski definition) is 1. The Morgan fingerprint density at radius 2 is 2.05 bits per heavy atom. The molecule has 0 bridgehead atoms. The molecule has 1 aromatic rings. The molecule has 0 radical (unpaired) electrons. The van der Waals surface area contributed by atoms with Crippen molar-refractivity contribution in [2.45, 2.75) is 39.8 Å². The van der Waals surface area contributed by atoms with E-state index in [1.165, 1.54) is 0 Å². The van der Waals surface area contributed by atoms with Crippen LogP contribution < -0.4 is 5.32 Å². The molecule has 1 aromatic carbocycles. The quantitative estimate of drug-likeness (QED) is 0.886. The molecule has 1 amide bonds. The maximum absolute atomic E-state index is 12.7. The molecule has 0 spiro atoms. The maximum Gasteiger partial charge on any atom is 0.254 e. The Morgan fingerprint density at radius 1 is 1.37 bits per heavy atom. The van der Waals surface area contributed by atoms with Crippen LogP contribution in [0.3, 0.4) is 0 Å². The van der Waals surface area contributed by atoms with Gasteiger partial charge in [0.05, 0.1) is 0 Å². The minimum Gasteiger partial charge on any atom is -0.333 e. The van der Waals surface area contributed by atoms with Gasteiger partial charge >= 0.3 is 0 Å². The summed E-state index contributed by atoms with van der Waals surface area (Å²) in [5.41, 5.74) is 1.89. The molecule has 3 heteroatoms. The average molecular weight is 260 g/mol. The molecule has 3 nitrogen and oxygen atoms in total. The van der Waals surface area contributed by atoms with E-state index in [2.05, 4.69) is 26.1 Å². The first-order valence-electron chi connectivity index (χ1n) is 7.10. The molecule has 0 aliphatic carbocycles. The Kier molecular flexibility index (Phi) is 4.25. The van der Waals surface area contributed by atoms with Crippen LogP contribution in [0.2, 0.25) is 0 Å². The third-order valence-electron chi connectivity index (χ3n) is 4.04. The number of benzene rings is 1. The molecule has 0 aromatic heterocycles. The van der Waals surface area contributed by atoms with E-state index in [4.69, 9.17) is 0 Å². The molecular weight excluding hydrogens is 236 g/mol. The highest BCUT2D eigenvalue weighted by Crippen LogP contribution is 2.17. The summed E-state index contributed by atoms with van der Waals surface area (Å²) in [7, 11) is 0. The van der Waals surface area contributed by atoms with Gasteiger partial charge in [0.2, 0.25) is 0 Å². The van der Waals surface area contributed by atoms with Crippen LogP contribution >= 0.6 is 0 Å². The van der Waals surface area contributed by atoms with Gasteiger partial charge in [0.25, 0.3) is 5.91 Å². The molecule has 19 heavy (non-hydrogen) atoms. The third kappa shape index (κ3) is 2.98. The lowest BCUT2D eigenvalue weighted by Gasteiger charge is -2.40. The van der Waals surface area contributed by atoms with Crippen LogP contribution in [0.1, 0.15) is 36.7 Å². The van der Waals surface area contributed by atoms with Gasteiger partial charge in [-0.25, -0.2) is 0 Å². The van der Waals surface area contributed by atoms with Gasteiger partial charge in [0.15, 0.2) is 0 Å². The highest BCUT2D eigenvalue weighted by molar-refractivity contribution is 5.95. The highest BCUT2D eigenvalue weighted by Gasteiger charge is 2.30. The topological polar surface area (TPSA) is 32.3 Å². The Hall–Kier alpha value is -1.35. The van der Waals surface area contributed by atoms with Crippen molar-refractivity contribution in [3.05, 3.63) is 35.4 Å². The van der Waals surface area contributed by atoms with E-state index < -0.39 is 0 Å². The van der Waals surface area contributed by atoms with E-state index in [1.54, 1.807) is 0 Å². The molecule has 2 unspecified atom stereocenters. The molecule has 1 fully saturated rings. The molecule has 2 atom stereocenters. The zero-order valence-electron chi connectivity index (χ0n) is 12.3. The van der Waals surface area contributed by atoms with Crippen LogP contribution in [0.5, 0.6) is 0 Å². The zero-order chi connectivity index (χ0) is 14.0. The second-order valence-electron chi connectivity index (χ2n) is 5.88. The van der Waals surface area contributed by atoms with Crippen molar-refractivity contribution in [2.75, 3.05) is 13.1 Å². The summed E-state index contributed by atoms with van der Waals surface area (Å²) >= 11 is 0. The minimum atomic E-state index is 0.165. The average Bonchev–Trinajstić information content (AvgIpc) is 2.38. The molecule has 0 saturated carbocycles. The standard InChI is InChI=1S/C16H24N2O/c1-11(2)15-10-18(13(4)9-17-15)16(19)14-8-6-5-7-12(14)3/h5-8,11,13,15,17H,9-10H2,1-4H3. The van der Waals surface area contributed by atoms with Crippen LogP contribution in [-0.4, -0.2) is 36.0 Å². The van der Waals surface area contributed by atoms with Crippen molar-refractivity contribution in [1.29, 1.82) is 0 Å². The monoisotopic (exact) mass is 260 g/mol. The third-order valence-corrected chi connectivity index (χ3v) is 4.04. The van der Waals surface area contributed by atoms with Crippen LogP contribution in [0, 0.1) is 12.8 Å². The molecule has 1 saturated heterocycles. The van der Waals surface area contributed by atoms with Gasteiger partial charge in [-0.1, -0.05) is 32.0 Å². The maximum atomic E-state index is 12.7. The number of piperazine rings is 1. The van der Waals surface area contributed by atoms with Crippen molar-refractivity contribution < 1.29 is 4.79 Å². The van der Waals surface area contributed by atoms with Crippen LogP contribution in [0.4, 0.5) is 0 Å². The summed E-state index contributed by atoms with van der Waals surface area (Å²) in [5.74, 6) is 0.706. The molecule has 104 valence electrons. The first-order chi connectivity index (χ1) is 9.00. The van der Waals surface area contributed by atoms with Gasteiger partial charge in [-0.2, -0.15) is 0 Å². The number of amides is 1. The Labute approximate surface area is 116 Å². The number of nitrogens with one attached hydrogen (secondary N) is 1. The van der Waals surface area contributed by atoms with Crippen molar-refractivity contribution in [3.8, 4) is 0 Å². The SMILES string of the molecule is Cc1ccccc1C(=O)N1CC(C(C)C)NCC1C. The summed E-state index contributed by atoms with van der Waals surface area (Å²) in [5, 5.41) is 3.53. The number of aryl methyl sites for hydroxylation is 1. The highest BCUT2D eigenvalue weighted by atomic mass is 16.2. The predicted octanol–water partition coefficient (Wildman–Crippen LogP) is 2.45. The Bertz CT molecular complexity index is 456. The van der Waals surface area contributed by atoms with Gasteiger partial charge in [0.1, 0.15) is 0 Å². The predicted molar refractivity (Wildman–Crippen MR) is 78.3 cm³/mol. The fraction of sp³-hybridized carbons (Fsp3) is 0.562. The number of nitrogens with zero attached hydrogens (tertiary/aromatic N) is 1. The van der Waals surface area contributed by atoms with Gasteiger partial charge in [-0.15, -0.1) is 0 Å². The van der Waals surface area contributed by atoms with Gasteiger partial charge in [-0.05, 0) is 31.4 Å². The summed E-state index contributed by atoms with van der Waals surface area (Å²) in [6.45, 7) is 10.2. The van der Waals surface area contributed by atoms with Crippen molar-refractivity contribution in [2.24, 2.45) is 5.92 Å². The lowest BCUT2D eigenvalue weighted by molar-refractivity contribution is 0.0579. The summed E-state index contributed by atoms with van der Waals surface area (Å²) in [4.78, 5) is 14.7. The van der Waals surface area contributed by atoms with E-state index in [1.807, 2.05) is 36.1 Å². The van der Waals surface area contributed by atoms with E-state index in [-0.39, 0.29) is 11.9 Å². The van der Waals surface area contributed by atoms with Gasteiger partial charge in [-0.3, -0.25) is 4.79 Å². The molecule has 1 heterocycles. The summed E-state index contributed by atoms with van der Waals surface area (Å²) in [6.07, 6.45) is 0. The molecular formula is C16H24N2O. The number of rotatable bonds is 2. The summed E-state index contributed by atoms with van der Waals surface area (Å²) < 4.78 is 0. The second kappa shape index (κ2) is 5.74. The van der Waals surface area contributed by atoms with E-state index >= 15 is 0 Å². The molecule has 1 aliphatic rings. The van der Waals surface area contributed by atoms with Gasteiger partial charge in [0, 0.05) is 30.7 Å². The van der Waals surface area contributed by atoms with Gasteiger partial charge < -0.3 is 10.2 Å². The molecule has 1 aliphatic heterocycles. The van der Waals surface area contributed by atoms with Crippen LogP contribution in [0.25, 0.3) is 0 Å². The summed E-state index contributed by atoms with van der Waals surface area (Å²) in [6, 6.07) is 8.49. The molecule has 1 N–H and O–H groups in total. The van der Waals surface area contributed by atoms with E-state index in [9.17, 15) is 4.79 Å². The van der Waals surface area contributed by atoms with Crippen LogP contribution in [0.15, 0.2) is 24.3 Å². The lowest BCUT2D eigenvalue weighted by Crippen LogP contribution is -2.58. The normalized spacial score (nSPS) is 23.7. The first-order valence-corrected chi connectivity index (χ1v) is 7.10. The fourth-order valence-electron chi connectivity index (χ4n) is 2.59. The number of carbonyl (C=O) groups is 1. The largest absolute Gasteiger partial charge is 0.333 e. The van der Waals surface area contributed by atoms with E-state index in [0.717, 1.165) is 24.2 Å². The Balaban J connectivity index is 2.19. The van der Waals surface area contributed by atoms with Crippen molar-refractivity contribution in [1.82, 2.24) is 10.2 Å². The lowest BCUT2D eigenvalue weighted by atomic mass is 9.98. The smallest absolute Gasteiger partial charge is 0.254 e. The van der Waals surface area contributed by atoms with Crippen molar-refractivity contribution in [3.63, 3.8) is 0 Å². The number of carbonyl (C=O) groups excluding carboxylic acids is 1.